The lowest BCUT2D eigenvalue weighted by atomic mass is 10.2. The highest BCUT2D eigenvalue weighted by atomic mass is 16.6. The van der Waals surface area contributed by atoms with Crippen molar-refractivity contribution in [1.82, 2.24) is 0 Å². The molecule has 0 aliphatic heterocycles. The van der Waals surface area contributed by atoms with Crippen molar-refractivity contribution >= 4 is 22.7 Å². The highest BCUT2D eigenvalue weighted by molar-refractivity contribution is 5.54. The first-order valence-corrected chi connectivity index (χ1v) is 8.97. The standard InChI is InChI=1S/C18H16N4O10/c23-19(24)13-5-7-17(15(11-13)21(27)28)31-9-3-1-2-4-10-32-18-8-6-14(20(25)26)12-16(18)22(29)30/h1,3,5-8,11-12H,2,4,9-10H2/b3-1-. The monoisotopic (exact) mass is 448 g/mol. The molecule has 0 aromatic heterocycles. The maximum Gasteiger partial charge on any atom is 0.317 e. The number of hydrogen-bond acceptors (Lipinski definition) is 10. The fraction of sp³-hybridized carbons (Fsp3) is 0.222. The summed E-state index contributed by atoms with van der Waals surface area (Å²) in [7, 11) is 0. The van der Waals surface area contributed by atoms with Crippen molar-refractivity contribution in [3.63, 3.8) is 0 Å². The van der Waals surface area contributed by atoms with E-state index in [9.17, 15) is 40.5 Å². The van der Waals surface area contributed by atoms with Gasteiger partial charge >= 0.3 is 11.4 Å². The number of nitro benzene ring substituents is 4. The van der Waals surface area contributed by atoms with Crippen molar-refractivity contribution in [3.05, 3.63) is 89.0 Å². The maximum absolute atomic E-state index is 11.0. The number of allylic oxidation sites excluding steroid dienone is 1. The van der Waals surface area contributed by atoms with E-state index in [2.05, 4.69) is 0 Å². The molecule has 32 heavy (non-hydrogen) atoms. The van der Waals surface area contributed by atoms with Crippen LogP contribution in [-0.4, -0.2) is 32.9 Å². The average Bonchev–Trinajstić information content (AvgIpc) is 2.75. The lowest BCUT2D eigenvalue weighted by molar-refractivity contribution is -0.395. The topological polar surface area (TPSA) is 191 Å². The van der Waals surface area contributed by atoms with E-state index < -0.39 is 42.4 Å². The predicted octanol–water partition coefficient (Wildman–Crippen LogP) is 4.11. The van der Waals surface area contributed by atoms with Crippen molar-refractivity contribution in [2.45, 2.75) is 12.8 Å². The zero-order valence-electron chi connectivity index (χ0n) is 16.3. The molecule has 0 bridgehead atoms. The third-order valence-electron chi connectivity index (χ3n) is 3.97. The number of nitro groups is 4. The summed E-state index contributed by atoms with van der Waals surface area (Å²) < 4.78 is 10.6. The second-order valence-corrected chi connectivity index (χ2v) is 6.11. The normalized spacial score (nSPS) is 10.6. The van der Waals surface area contributed by atoms with Crippen LogP contribution in [0.4, 0.5) is 22.7 Å². The van der Waals surface area contributed by atoms with Crippen LogP contribution in [0.25, 0.3) is 0 Å². The van der Waals surface area contributed by atoms with E-state index in [4.69, 9.17) is 9.47 Å². The molecule has 0 amide bonds. The van der Waals surface area contributed by atoms with E-state index >= 15 is 0 Å². The molecule has 0 saturated carbocycles. The van der Waals surface area contributed by atoms with Crippen LogP contribution >= 0.6 is 0 Å². The first-order valence-electron chi connectivity index (χ1n) is 8.97. The minimum atomic E-state index is -0.777. The molecular weight excluding hydrogens is 432 g/mol. The fourth-order valence-corrected chi connectivity index (χ4v) is 2.48. The number of nitrogens with zero attached hydrogens (tertiary/aromatic N) is 4. The SMILES string of the molecule is O=[N+]([O-])c1ccc(OC/C=C\CCCOc2ccc([N+](=O)[O-])cc2[N+](=O)[O-])c([N+](=O)[O-])c1. The molecule has 0 N–H and O–H groups in total. The third-order valence-corrected chi connectivity index (χ3v) is 3.97. The Balaban J connectivity index is 1.82. The quantitative estimate of drug-likeness (QED) is 0.197. The Bertz CT molecular complexity index is 1070. The Morgan fingerprint density at radius 1 is 0.688 bits per heavy atom. The molecule has 0 aliphatic rings. The first-order chi connectivity index (χ1) is 15.2. The van der Waals surface area contributed by atoms with Crippen LogP contribution in [0.3, 0.4) is 0 Å². The van der Waals surface area contributed by atoms with Crippen LogP contribution in [0.2, 0.25) is 0 Å². The lowest BCUT2D eigenvalue weighted by Gasteiger charge is -2.06. The molecule has 0 saturated heterocycles. The van der Waals surface area contributed by atoms with Crippen molar-refractivity contribution in [2.75, 3.05) is 13.2 Å². The van der Waals surface area contributed by atoms with Crippen molar-refractivity contribution < 1.29 is 29.2 Å². The summed E-state index contributed by atoms with van der Waals surface area (Å²) in [4.78, 5) is 40.5. The van der Waals surface area contributed by atoms with Gasteiger partial charge in [0.15, 0.2) is 11.5 Å². The van der Waals surface area contributed by atoms with Gasteiger partial charge in [-0.25, -0.2) is 0 Å². The summed E-state index contributed by atoms with van der Waals surface area (Å²) in [5.74, 6) is -0.197. The number of benzene rings is 2. The highest BCUT2D eigenvalue weighted by Crippen LogP contribution is 2.32. The van der Waals surface area contributed by atoms with Crippen LogP contribution in [-0.2, 0) is 0 Å². The van der Waals surface area contributed by atoms with Crippen LogP contribution in [0.15, 0.2) is 48.6 Å². The summed E-state index contributed by atoms with van der Waals surface area (Å²) in [6.45, 7) is 0.0883. The molecule has 0 atom stereocenters. The maximum atomic E-state index is 11.0. The van der Waals surface area contributed by atoms with Gasteiger partial charge < -0.3 is 9.47 Å². The molecule has 0 aliphatic carbocycles. The summed E-state index contributed by atoms with van der Waals surface area (Å²) >= 11 is 0. The van der Waals surface area contributed by atoms with Gasteiger partial charge in [-0.15, -0.1) is 0 Å². The minimum absolute atomic E-state index is 0.0205. The summed E-state index contributed by atoms with van der Waals surface area (Å²) in [5.41, 5.74) is -1.87. The van der Waals surface area contributed by atoms with Crippen LogP contribution < -0.4 is 9.47 Å². The van der Waals surface area contributed by atoms with Crippen LogP contribution in [0, 0.1) is 40.5 Å². The molecule has 2 aromatic carbocycles. The van der Waals surface area contributed by atoms with Crippen LogP contribution in [0.1, 0.15) is 12.8 Å². The molecule has 2 aromatic rings. The van der Waals surface area contributed by atoms with E-state index in [-0.39, 0.29) is 24.7 Å². The zero-order valence-corrected chi connectivity index (χ0v) is 16.3. The number of rotatable bonds is 12. The molecule has 14 heteroatoms. The van der Waals surface area contributed by atoms with Crippen molar-refractivity contribution in [1.29, 1.82) is 0 Å². The molecule has 168 valence electrons. The third kappa shape index (κ3) is 6.45. The molecule has 14 nitrogen and oxygen atoms in total. The molecule has 0 spiro atoms. The summed E-state index contributed by atoms with van der Waals surface area (Å²) in [6.07, 6.45) is 4.24. The van der Waals surface area contributed by atoms with Gasteiger partial charge in [-0.05, 0) is 25.0 Å². The van der Waals surface area contributed by atoms with Gasteiger partial charge in [0, 0.05) is 12.1 Å². The van der Waals surface area contributed by atoms with E-state index in [1.807, 2.05) is 0 Å². The van der Waals surface area contributed by atoms with Gasteiger partial charge in [0.05, 0.1) is 38.4 Å². The highest BCUT2D eigenvalue weighted by Gasteiger charge is 2.21. The second-order valence-electron chi connectivity index (χ2n) is 6.11. The Morgan fingerprint density at radius 3 is 1.66 bits per heavy atom. The smallest absolute Gasteiger partial charge is 0.317 e. The molecular formula is C18H16N4O10. The Kier molecular flexibility index (Phi) is 8.10. The van der Waals surface area contributed by atoms with Gasteiger partial charge in [0.1, 0.15) is 6.61 Å². The number of hydrogen-bond donors (Lipinski definition) is 0. The number of non-ortho nitro benzene ring substituents is 2. The minimum Gasteiger partial charge on any atom is -0.487 e. The molecule has 2 rings (SSSR count). The second kappa shape index (κ2) is 11.0. The molecule has 0 fully saturated rings. The zero-order chi connectivity index (χ0) is 23.7. The van der Waals surface area contributed by atoms with E-state index in [1.165, 1.54) is 0 Å². The Labute approximate surface area is 179 Å². The number of unbranched alkanes of at least 4 members (excludes halogenated alkanes) is 1. The van der Waals surface area contributed by atoms with Crippen LogP contribution in [0.5, 0.6) is 11.5 Å². The predicted molar refractivity (Wildman–Crippen MR) is 109 cm³/mol. The molecule has 0 unspecified atom stereocenters. The Morgan fingerprint density at radius 2 is 1.19 bits per heavy atom. The average molecular weight is 448 g/mol. The summed E-state index contributed by atoms with van der Waals surface area (Å²) in [5, 5.41) is 43.5. The van der Waals surface area contributed by atoms with Gasteiger partial charge in [-0.2, -0.15) is 0 Å². The van der Waals surface area contributed by atoms with Crippen molar-refractivity contribution in [2.24, 2.45) is 0 Å². The van der Waals surface area contributed by atoms with E-state index in [0.717, 1.165) is 36.4 Å². The molecule has 0 radical (unpaired) electrons. The summed E-state index contributed by atoms with van der Waals surface area (Å²) in [6, 6.07) is 6.15. The van der Waals surface area contributed by atoms with Gasteiger partial charge in [-0.3, -0.25) is 40.5 Å². The van der Waals surface area contributed by atoms with Gasteiger partial charge in [0.2, 0.25) is 0 Å². The van der Waals surface area contributed by atoms with E-state index in [0.29, 0.717) is 12.8 Å². The lowest BCUT2D eigenvalue weighted by Crippen LogP contribution is -2.01. The largest absolute Gasteiger partial charge is 0.487 e. The Hall–Kier alpha value is -4.62. The fourth-order valence-electron chi connectivity index (χ4n) is 2.48. The molecule has 0 heterocycles. The van der Waals surface area contributed by atoms with Crippen molar-refractivity contribution in [3.8, 4) is 11.5 Å². The van der Waals surface area contributed by atoms with Gasteiger partial charge in [0.25, 0.3) is 11.4 Å². The van der Waals surface area contributed by atoms with Gasteiger partial charge in [-0.1, -0.05) is 12.2 Å². The number of ether oxygens (including phenoxy) is 2. The first kappa shape index (κ1) is 23.7. The van der Waals surface area contributed by atoms with E-state index in [1.54, 1.807) is 12.2 Å².